The Morgan fingerprint density at radius 2 is 0.978 bits per heavy atom. The Morgan fingerprint density at radius 1 is 0.348 bits per heavy atom. The minimum atomic E-state index is -0.414. The van der Waals surface area contributed by atoms with Crippen molar-refractivity contribution in [2.24, 2.45) is 0 Å². The maximum atomic E-state index is 6.48. The molecule has 1 unspecified atom stereocenters. The van der Waals surface area contributed by atoms with E-state index in [1.807, 2.05) is 6.07 Å². The summed E-state index contributed by atoms with van der Waals surface area (Å²) in [5, 5.41) is 5.00. The summed E-state index contributed by atoms with van der Waals surface area (Å²) in [7, 11) is 0. The fourth-order valence-electron chi connectivity index (χ4n) is 9.01. The van der Waals surface area contributed by atoms with E-state index in [9.17, 15) is 0 Å². The van der Waals surface area contributed by atoms with Gasteiger partial charge >= 0.3 is 0 Å². The van der Waals surface area contributed by atoms with Crippen LogP contribution < -0.4 is 4.74 Å². The second-order valence-electron chi connectivity index (χ2n) is 12.7. The molecule has 0 radical (unpaired) electrons. The van der Waals surface area contributed by atoms with Crippen LogP contribution in [0.4, 0.5) is 0 Å². The van der Waals surface area contributed by atoms with Crippen LogP contribution in [0.2, 0.25) is 0 Å². The van der Waals surface area contributed by atoms with Crippen molar-refractivity contribution in [3.63, 3.8) is 0 Å². The molecule has 0 amide bonds. The lowest BCUT2D eigenvalue weighted by Crippen LogP contribution is -2.26. The minimum Gasteiger partial charge on any atom is -0.456 e. The van der Waals surface area contributed by atoms with Crippen LogP contribution in [0.3, 0.4) is 0 Å². The van der Waals surface area contributed by atoms with E-state index in [-0.39, 0.29) is 0 Å². The number of hydrogen-bond acceptors (Lipinski definition) is 1. The molecule has 0 aromatic heterocycles. The minimum absolute atomic E-state index is 0.414. The first-order valence-corrected chi connectivity index (χ1v) is 16.0. The van der Waals surface area contributed by atoms with Crippen LogP contribution in [0, 0.1) is 0 Å². The molecule has 0 bridgehead atoms. The van der Waals surface area contributed by atoms with Crippen LogP contribution in [0.25, 0.3) is 66.1 Å². The Hall–Kier alpha value is -5.92. The van der Waals surface area contributed by atoms with Gasteiger partial charge in [0.05, 0.1) is 5.41 Å². The van der Waals surface area contributed by atoms with Crippen molar-refractivity contribution < 1.29 is 4.74 Å². The highest BCUT2D eigenvalue weighted by Crippen LogP contribution is 2.65. The zero-order chi connectivity index (χ0) is 30.0. The first-order valence-electron chi connectivity index (χ1n) is 16.0. The van der Waals surface area contributed by atoms with Gasteiger partial charge in [-0.25, -0.2) is 0 Å². The summed E-state index contributed by atoms with van der Waals surface area (Å²) >= 11 is 0. The monoisotopic (exact) mass is 582 g/mol. The highest BCUT2D eigenvalue weighted by atomic mass is 16.5. The molecule has 8 aromatic rings. The normalized spacial score (nSPS) is 16.1. The molecule has 1 nitrogen and oxygen atoms in total. The van der Waals surface area contributed by atoms with Gasteiger partial charge in [-0.05, 0) is 89.5 Å². The molecular weight excluding hydrogens is 556 g/mol. The predicted octanol–water partition coefficient (Wildman–Crippen LogP) is 11.8. The first-order chi connectivity index (χ1) is 22.8. The summed E-state index contributed by atoms with van der Waals surface area (Å²) in [5.74, 6) is 1.83. The van der Waals surface area contributed by atoms with Crippen LogP contribution in [0.5, 0.6) is 11.5 Å². The Labute approximate surface area is 267 Å². The average Bonchev–Trinajstić information content (AvgIpc) is 3.60. The van der Waals surface area contributed by atoms with E-state index in [1.54, 1.807) is 0 Å². The van der Waals surface area contributed by atoms with Gasteiger partial charge in [0, 0.05) is 10.9 Å². The molecule has 0 saturated carbocycles. The number of hydrogen-bond donors (Lipinski definition) is 0. The number of para-hydroxylation sites is 1. The fraction of sp³-hybridized carbons (Fsp3) is 0.0222. The molecule has 1 spiro atoms. The molecule has 1 aliphatic heterocycles. The van der Waals surface area contributed by atoms with Gasteiger partial charge in [-0.1, -0.05) is 146 Å². The molecule has 11 rings (SSSR count). The molecule has 0 fully saturated rings. The molecule has 1 heteroatoms. The van der Waals surface area contributed by atoms with Crippen molar-refractivity contribution in [2.45, 2.75) is 5.41 Å². The van der Waals surface area contributed by atoms with Gasteiger partial charge in [0.1, 0.15) is 11.5 Å². The standard InChI is InChI=1S/C45H26O/c1-2-12-28-27(11-1)23-24-35-30-13-3-6-19-37(30)45(44(28)35)38-20-7-4-15-36(38)42-32(18-10-21-39(42)45)29-25-26-41-43-33(29)16-9-17-34(43)31-14-5-8-22-40(31)46-41/h1-26H. The van der Waals surface area contributed by atoms with Crippen LogP contribution in [0.1, 0.15) is 22.3 Å². The van der Waals surface area contributed by atoms with Crippen molar-refractivity contribution >= 4 is 21.5 Å². The van der Waals surface area contributed by atoms with E-state index >= 15 is 0 Å². The smallest absolute Gasteiger partial charge is 0.135 e. The second-order valence-corrected chi connectivity index (χ2v) is 12.7. The van der Waals surface area contributed by atoms with E-state index in [2.05, 4.69) is 152 Å². The van der Waals surface area contributed by atoms with Crippen molar-refractivity contribution in [3.8, 4) is 56.0 Å². The number of ether oxygens (including phenoxy) is 1. The van der Waals surface area contributed by atoms with Crippen molar-refractivity contribution in [2.75, 3.05) is 0 Å². The zero-order valence-electron chi connectivity index (χ0n) is 24.9. The Kier molecular flexibility index (Phi) is 4.57. The lowest BCUT2D eigenvalue weighted by atomic mass is 9.69. The van der Waals surface area contributed by atoms with E-state index in [0.29, 0.717) is 0 Å². The maximum absolute atomic E-state index is 6.48. The van der Waals surface area contributed by atoms with Gasteiger partial charge in [-0.15, -0.1) is 0 Å². The van der Waals surface area contributed by atoms with Gasteiger partial charge in [-0.2, -0.15) is 0 Å². The summed E-state index contributed by atoms with van der Waals surface area (Å²) in [5.41, 5.74) is 15.2. The Balaban J connectivity index is 1.27. The average molecular weight is 583 g/mol. The molecular formula is C45H26O. The lowest BCUT2D eigenvalue weighted by molar-refractivity contribution is 0.487. The van der Waals surface area contributed by atoms with E-state index < -0.39 is 5.41 Å². The Morgan fingerprint density at radius 3 is 1.89 bits per heavy atom. The third-order valence-electron chi connectivity index (χ3n) is 10.7. The number of benzene rings is 8. The van der Waals surface area contributed by atoms with Gasteiger partial charge < -0.3 is 4.74 Å². The predicted molar refractivity (Wildman–Crippen MR) is 189 cm³/mol. The van der Waals surface area contributed by atoms with Crippen LogP contribution >= 0.6 is 0 Å². The quantitative estimate of drug-likeness (QED) is 0.187. The third kappa shape index (κ3) is 2.83. The summed E-state index contributed by atoms with van der Waals surface area (Å²) in [6, 6.07) is 58.2. The molecule has 46 heavy (non-hydrogen) atoms. The SMILES string of the molecule is c1ccc2c(c1)Oc1ccc(-c3cccc4c3-c3ccccc3C43c4ccccc4-c4ccc5ccccc5c43)c3cccc-2c13. The molecule has 0 saturated heterocycles. The molecule has 212 valence electrons. The van der Waals surface area contributed by atoms with Crippen molar-refractivity contribution in [1.29, 1.82) is 0 Å². The van der Waals surface area contributed by atoms with E-state index in [0.717, 1.165) is 17.1 Å². The van der Waals surface area contributed by atoms with Gasteiger partial charge in [0.15, 0.2) is 0 Å². The fourth-order valence-corrected chi connectivity index (χ4v) is 9.01. The highest BCUT2D eigenvalue weighted by molar-refractivity contribution is 6.13. The van der Waals surface area contributed by atoms with Gasteiger partial charge in [0.2, 0.25) is 0 Å². The van der Waals surface area contributed by atoms with E-state index in [1.165, 1.54) is 82.7 Å². The highest BCUT2D eigenvalue weighted by Gasteiger charge is 2.52. The maximum Gasteiger partial charge on any atom is 0.135 e. The van der Waals surface area contributed by atoms with Crippen LogP contribution in [-0.4, -0.2) is 0 Å². The number of fused-ring (bicyclic) bond motifs is 14. The topological polar surface area (TPSA) is 9.23 Å². The molecule has 2 aliphatic carbocycles. The zero-order valence-corrected chi connectivity index (χ0v) is 24.9. The second kappa shape index (κ2) is 8.62. The first kappa shape index (κ1) is 24.4. The summed E-state index contributed by atoms with van der Waals surface area (Å²) in [4.78, 5) is 0. The Bertz CT molecular complexity index is 2630. The number of rotatable bonds is 1. The van der Waals surface area contributed by atoms with Gasteiger partial charge in [0.25, 0.3) is 0 Å². The summed E-state index contributed by atoms with van der Waals surface area (Å²) in [6.07, 6.45) is 0. The van der Waals surface area contributed by atoms with E-state index in [4.69, 9.17) is 4.74 Å². The molecule has 1 heterocycles. The third-order valence-corrected chi connectivity index (χ3v) is 10.7. The molecule has 0 N–H and O–H groups in total. The molecule has 8 aromatic carbocycles. The summed E-state index contributed by atoms with van der Waals surface area (Å²) in [6.45, 7) is 0. The molecule has 1 atom stereocenters. The van der Waals surface area contributed by atoms with Gasteiger partial charge in [-0.3, -0.25) is 0 Å². The van der Waals surface area contributed by atoms with Crippen molar-refractivity contribution in [3.05, 3.63) is 180 Å². The van der Waals surface area contributed by atoms with Crippen LogP contribution in [0.15, 0.2) is 158 Å². The van der Waals surface area contributed by atoms with Crippen LogP contribution in [-0.2, 0) is 5.41 Å². The largest absolute Gasteiger partial charge is 0.456 e. The van der Waals surface area contributed by atoms with Crippen molar-refractivity contribution in [1.82, 2.24) is 0 Å². The molecule has 3 aliphatic rings. The lowest BCUT2D eigenvalue weighted by Gasteiger charge is -2.31. The summed E-state index contributed by atoms with van der Waals surface area (Å²) < 4.78 is 6.48.